The highest BCUT2D eigenvalue weighted by Crippen LogP contribution is 2.54. The topological polar surface area (TPSA) is 41.9 Å². The molecule has 0 amide bonds. The van der Waals surface area contributed by atoms with Gasteiger partial charge in [-0.3, -0.25) is 0 Å². The molecule has 12 rings (SSSR count). The predicted molar refractivity (Wildman–Crippen MR) is 235 cm³/mol. The second kappa shape index (κ2) is 12.2. The lowest BCUT2D eigenvalue weighted by atomic mass is 9.87. The SMILES string of the molecule is [2H]c1c([2H])c([2H])c(-c2nc(-c3ccc4sc5ccccc5c4c3)nc(-c3ccc(N4c5ccc6ccccc6c5-c5cccc6cccc4c56)c4ccccc34)n2)c([2H])c1[2H]. The summed E-state index contributed by atoms with van der Waals surface area (Å²) in [5, 5.41) is 8.73. The van der Waals surface area contributed by atoms with Crippen molar-refractivity contribution in [2.45, 2.75) is 0 Å². The fourth-order valence-electron chi connectivity index (χ4n) is 8.47. The maximum absolute atomic E-state index is 8.90. The largest absolute Gasteiger partial charge is 0.309 e. The van der Waals surface area contributed by atoms with E-state index in [1.54, 1.807) is 11.3 Å². The first-order valence-corrected chi connectivity index (χ1v) is 19.3. The lowest BCUT2D eigenvalue weighted by Crippen LogP contribution is -2.15. The van der Waals surface area contributed by atoms with Crippen LogP contribution in [0.25, 0.3) is 97.8 Å². The van der Waals surface area contributed by atoms with Crippen LogP contribution in [0.4, 0.5) is 17.1 Å². The molecular weight excluding hydrogens is 701 g/mol. The third-order valence-electron chi connectivity index (χ3n) is 10.9. The number of benzene rings is 9. The zero-order chi connectivity index (χ0) is 41.1. The van der Waals surface area contributed by atoms with Crippen molar-refractivity contribution >= 4 is 80.9 Å². The van der Waals surface area contributed by atoms with E-state index in [0.717, 1.165) is 54.3 Å². The molecule has 1 aliphatic rings. The molecule has 56 heavy (non-hydrogen) atoms. The summed E-state index contributed by atoms with van der Waals surface area (Å²) in [6, 6.07) is 50.5. The van der Waals surface area contributed by atoms with Gasteiger partial charge < -0.3 is 4.90 Å². The molecule has 11 aromatic rings. The van der Waals surface area contributed by atoms with E-state index in [2.05, 4.69) is 120 Å². The number of thiophene rings is 1. The van der Waals surface area contributed by atoms with Gasteiger partial charge in [0.15, 0.2) is 17.5 Å². The molecule has 0 unspecified atom stereocenters. The van der Waals surface area contributed by atoms with Crippen LogP contribution in [-0.2, 0) is 0 Å². The number of fused-ring (bicyclic) bond motifs is 8. The normalized spacial score (nSPS) is 13.5. The monoisotopic (exact) mass is 735 g/mol. The van der Waals surface area contributed by atoms with Crippen LogP contribution in [0.2, 0.25) is 0 Å². The zero-order valence-electron chi connectivity index (χ0n) is 34.6. The number of nitrogens with zero attached hydrogens (tertiary/aromatic N) is 4. The van der Waals surface area contributed by atoms with Gasteiger partial charge in [-0.2, -0.15) is 0 Å². The number of hydrogen-bond donors (Lipinski definition) is 0. The van der Waals surface area contributed by atoms with E-state index >= 15 is 0 Å². The number of aromatic nitrogens is 3. The minimum Gasteiger partial charge on any atom is -0.309 e. The van der Waals surface area contributed by atoms with Crippen molar-refractivity contribution in [1.82, 2.24) is 15.0 Å². The van der Waals surface area contributed by atoms with Crippen LogP contribution in [-0.4, -0.2) is 15.0 Å². The highest BCUT2D eigenvalue weighted by Gasteiger charge is 2.29. The smallest absolute Gasteiger partial charge is 0.164 e. The van der Waals surface area contributed by atoms with Gasteiger partial charge in [-0.25, -0.2) is 15.0 Å². The van der Waals surface area contributed by atoms with Crippen molar-refractivity contribution in [3.8, 4) is 45.3 Å². The van der Waals surface area contributed by atoms with Crippen LogP contribution < -0.4 is 4.90 Å². The third kappa shape index (κ3) is 4.68. The second-order valence-corrected chi connectivity index (χ2v) is 15.1. The van der Waals surface area contributed by atoms with Crippen LogP contribution in [0.15, 0.2) is 182 Å². The van der Waals surface area contributed by atoms with Crippen molar-refractivity contribution < 1.29 is 6.85 Å². The molecule has 1 aliphatic heterocycles. The summed E-state index contributed by atoms with van der Waals surface area (Å²) in [6.45, 7) is 0. The molecule has 9 aromatic carbocycles. The van der Waals surface area contributed by atoms with Gasteiger partial charge in [-0.1, -0.05) is 133 Å². The Morgan fingerprint density at radius 1 is 0.429 bits per heavy atom. The molecule has 0 atom stereocenters. The summed E-state index contributed by atoms with van der Waals surface area (Å²) in [5.41, 5.74) is 6.86. The lowest BCUT2D eigenvalue weighted by Gasteiger charge is -2.35. The number of hydrogen-bond acceptors (Lipinski definition) is 5. The Labute approximate surface area is 333 Å². The van der Waals surface area contributed by atoms with Gasteiger partial charge >= 0.3 is 0 Å². The Balaban J connectivity index is 1.11. The maximum Gasteiger partial charge on any atom is 0.164 e. The first-order valence-electron chi connectivity index (χ1n) is 21.0. The molecule has 0 saturated heterocycles. The van der Waals surface area contributed by atoms with Gasteiger partial charge in [-0.15, -0.1) is 11.3 Å². The molecule has 260 valence electrons. The van der Waals surface area contributed by atoms with Gasteiger partial charge in [0.2, 0.25) is 0 Å². The van der Waals surface area contributed by atoms with E-state index in [-0.39, 0.29) is 23.5 Å². The van der Waals surface area contributed by atoms with E-state index in [1.807, 2.05) is 36.4 Å². The Kier molecular flexibility index (Phi) is 5.76. The average molecular weight is 736 g/mol. The average Bonchev–Trinajstić information content (AvgIpc) is 3.68. The quantitative estimate of drug-likeness (QED) is 0.180. The van der Waals surface area contributed by atoms with Crippen molar-refractivity contribution in [3.63, 3.8) is 0 Å². The summed E-state index contributed by atoms with van der Waals surface area (Å²) in [6.07, 6.45) is 0. The third-order valence-corrected chi connectivity index (χ3v) is 12.1. The van der Waals surface area contributed by atoms with Gasteiger partial charge in [0.25, 0.3) is 0 Å². The molecule has 4 nitrogen and oxygen atoms in total. The van der Waals surface area contributed by atoms with Gasteiger partial charge in [-0.05, 0) is 75.6 Å². The van der Waals surface area contributed by atoms with Gasteiger partial charge in [0, 0.05) is 53.2 Å². The van der Waals surface area contributed by atoms with Crippen LogP contribution >= 0.6 is 11.3 Å². The molecule has 0 N–H and O–H groups in total. The molecule has 0 saturated carbocycles. The van der Waals surface area contributed by atoms with E-state index in [9.17, 15) is 0 Å². The van der Waals surface area contributed by atoms with Crippen molar-refractivity contribution in [3.05, 3.63) is 182 Å². The van der Waals surface area contributed by atoms with Crippen molar-refractivity contribution in [2.75, 3.05) is 4.90 Å². The summed E-state index contributed by atoms with van der Waals surface area (Å²) < 4.78 is 45.4. The summed E-state index contributed by atoms with van der Waals surface area (Å²) in [4.78, 5) is 17.3. The minimum absolute atomic E-state index is 0.000511. The van der Waals surface area contributed by atoms with Crippen molar-refractivity contribution in [1.29, 1.82) is 0 Å². The van der Waals surface area contributed by atoms with E-state index < -0.39 is 18.1 Å². The highest BCUT2D eigenvalue weighted by molar-refractivity contribution is 7.25. The first-order chi connectivity index (χ1) is 29.8. The Bertz CT molecular complexity index is 3660. The fraction of sp³-hybridized carbons (Fsp3) is 0. The summed E-state index contributed by atoms with van der Waals surface area (Å²) in [7, 11) is 0. The summed E-state index contributed by atoms with van der Waals surface area (Å²) in [5.74, 6) is 0.653. The molecule has 3 heterocycles. The predicted octanol–water partition coefficient (Wildman–Crippen LogP) is 14.2. The molecule has 0 radical (unpaired) electrons. The summed E-state index contributed by atoms with van der Waals surface area (Å²) >= 11 is 1.71. The molecule has 5 heteroatoms. The Hall–Kier alpha value is -7.21. The van der Waals surface area contributed by atoms with Crippen LogP contribution in [0.3, 0.4) is 0 Å². The molecule has 0 aliphatic carbocycles. The van der Waals surface area contributed by atoms with Crippen LogP contribution in [0, 0.1) is 0 Å². The lowest BCUT2D eigenvalue weighted by molar-refractivity contribution is 1.08. The van der Waals surface area contributed by atoms with E-state index in [0.29, 0.717) is 17.2 Å². The number of rotatable bonds is 4. The standard InChI is InChI=1S/C51H30N4S/c1-2-13-33(14-3-1)49-52-50(34-25-29-46-41(30-34)38-20-8-9-23-45(38)56-46)54-51(53-49)39-26-28-42(37-19-7-6-18-36(37)39)55-43-22-11-16-32-15-10-21-40(47(32)43)48-35-17-5-4-12-31(35)24-27-44(48)55/h1-30H/i1D,2D,3D,13D,14D. The minimum atomic E-state index is -0.477. The van der Waals surface area contributed by atoms with E-state index in [1.165, 1.54) is 32.0 Å². The molecule has 2 aromatic heterocycles. The Morgan fingerprint density at radius 3 is 1.98 bits per heavy atom. The first kappa shape index (κ1) is 26.5. The van der Waals surface area contributed by atoms with Crippen LogP contribution in [0.1, 0.15) is 6.85 Å². The van der Waals surface area contributed by atoms with E-state index in [4.69, 9.17) is 21.8 Å². The Morgan fingerprint density at radius 2 is 1.11 bits per heavy atom. The van der Waals surface area contributed by atoms with Crippen LogP contribution in [0.5, 0.6) is 0 Å². The van der Waals surface area contributed by atoms with Crippen molar-refractivity contribution in [2.24, 2.45) is 0 Å². The fourth-order valence-corrected chi connectivity index (χ4v) is 9.56. The molecular formula is C51H30N4S. The molecule has 0 fully saturated rings. The van der Waals surface area contributed by atoms with Gasteiger partial charge in [0.1, 0.15) is 0 Å². The highest BCUT2D eigenvalue weighted by atomic mass is 32.1. The molecule has 0 spiro atoms. The molecule has 0 bridgehead atoms. The number of anilines is 3. The maximum atomic E-state index is 8.90. The van der Waals surface area contributed by atoms with Gasteiger partial charge in [0.05, 0.1) is 23.9 Å². The zero-order valence-corrected chi connectivity index (χ0v) is 30.4. The second-order valence-electron chi connectivity index (χ2n) is 14.0.